The Balaban J connectivity index is 2.71. The average Bonchev–Trinajstić information content (AvgIpc) is 2.09. The zero-order valence-corrected chi connectivity index (χ0v) is 7.47. The van der Waals surface area contributed by atoms with E-state index in [9.17, 15) is 4.39 Å². The Morgan fingerprint density at radius 2 is 1.92 bits per heavy atom. The second-order valence-electron chi connectivity index (χ2n) is 2.94. The first-order chi connectivity index (χ1) is 5.72. The van der Waals surface area contributed by atoms with Gasteiger partial charge in [-0.2, -0.15) is 0 Å². The number of allylic oxidation sites excluding steroid dienone is 2. The Hall–Kier alpha value is -1.11. The lowest BCUT2D eigenvalue weighted by molar-refractivity contribution is 0.627. The standard InChI is InChI=1S/C11H13F/c1-3-9(2)8-10-4-6-11(12)7-5-10/h3-7H,8H2,1-2H3. The van der Waals surface area contributed by atoms with E-state index in [0.717, 1.165) is 12.0 Å². The topological polar surface area (TPSA) is 0 Å². The molecule has 1 aromatic rings. The first-order valence-electron chi connectivity index (χ1n) is 4.08. The van der Waals surface area contributed by atoms with Crippen molar-refractivity contribution < 1.29 is 4.39 Å². The molecule has 0 aliphatic heterocycles. The van der Waals surface area contributed by atoms with E-state index in [-0.39, 0.29) is 5.82 Å². The molecule has 0 aliphatic rings. The molecule has 0 heterocycles. The largest absolute Gasteiger partial charge is 0.207 e. The second-order valence-corrected chi connectivity index (χ2v) is 2.94. The third kappa shape index (κ3) is 2.50. The van der Waals surface area contributed by atoms with Crippen LogP contribution in [0.3, 0.4) is 0 Å². The predicted molar refractivity (Wildman–Crippen MR) is 49.5 cm³/mol. The summed E-state index contributed by atoms with van der Waals surface area (Å²) in [6.45, 7) is 4.09. The fourth-order valence-corrected chi connectivity index (χ4v) is 1.03. The van der Waals surface area contributed by atoms with E-state index in [4.69, 9.17) is 0 Å². The minimum absolute atomic E-state index is 0.170. The summed E-state index contributed by atoms with van der Waals surface area (Å²) in [6, 6.07) is 6.64. The summed E-state index contributed by atoms with van der Waals surface area (Å²) in [7, 11) is 0. The zero-order chi connectivity index (χ0) is 8.97. The summed E-state index contributed by atoms with van der Waals surface area (Å²) in [5, 5.41) is 0. The minimum atomic E-state index is -0.170. The number of benzene rings is 1. The summed E-state index contributed by atoms with van der Waals surface area (Å²) < 4.78 is 12.5. The Morgan fingerprint density at radius 1 is 1.33 bits per heavy atom. The Bertz CT molecular complexity index is 270. The Morgan fingerprint density at radius 3 is 2.42 bits per heavy atom. The maximum atomic E-state index is 12.5. The molecule has 0 aromatic heterocycles. The van der Waals surface area contributed by atoms with E-state index in [1.807, 2.05) is 19.1 Å². The van der Waals surface area contributed by atoms with E-state index in [0.29, 0.717) is 0 Å². The quantitative estimate of drug-likeness (QED) is 0.588. The highest BCUT2D eigenvalue weighted by Gasteiger charge is 1.93. The molecular formula is C11H13F. The molecule has 0 spiro atoms. The van der Waals surface area contributed by atoms with E-state index < -0.39 is 0 Å². The van der Waals surface area contributed by atoms with Gasteiger partial charge >= 0.3 is 0 Å². The lowest BCUT2D eigenvalue weighted by Crippen LogP contribution is -1.86. The maximum Gasteiger partial charge on any atom is 0.123 e. The highest BCUT2D eigenvalue weighted by atomic mass is 19.1. The SMILES string of the molecule is CC=C(C)Cc1ccc(F)cc1. The van der Waals surface area contributed by atoms with Crippen molar-refractivity contribution in [2.24, 2.45) is 0 Å². The first kappa shape index (κ1) is 8.98. The third-order valence-corrected chi connectivity index (χ3v) is 1.89. The smallest absolute Gasteiger partial charge is 0.123 e. The molecule has 0 nitrogen and oxygen atoms in total. The molecule has 0 unspecified atom stereocenters. The molecule has 0 atom stereocenters. The molecule has 1 aromatic carbocycles. The fraction of sp³-hybridized carbons (Fsp3) is 0.273. The van der Waals surface area contributed by atoms with Gasteiger partial charge in [0.1, 0.15) is 5.82 Å². The number of halogens is 1. The molecule has 0 saturated carbocycles. The Labute approximate surface area is 72.7 Å². The van der Waals surface area contributed by atoms with Gasteiger partial charge in [0.25, 0.3) is 0 Å². The van der Waals surface area contributed by atoms with E-state index in [1.165, 1.54) is 17.7 Å². The van der Waals surface area contributed by atoms with Crippen LogP contribution in [0.15, 0.2) is 35.9 Å². The van der Waals surface area contributed by atoms with Crippen LogP contribution in [0.25, 0.3) is 0 Å². The molecule has 64 valence electrons. The number of rotatable bonds is 2. The average molecular weight is 164 g/mol. The third-order valence-electron chi connectivity index (χ3n) is 1.89. The second kappa shape index (κ2) is 4.05. The zero-order valence-electron chi connectivity index (χ0n) is 7.47. The lowest BCUT2D eigenvalue weighted by atomic mass is 10.1. The monoisotopic (exact) mass is 164 g/mol. The summed E-state index contributed by atoms with van der Waals surface area (Å²) >= 11 is 0. The van der Waals surface area contributed by atoms with Crippen molar-refractivity contribution in [1.82, 2.24) is 0 Å². The van der Waals surface area contributed by atoms with Crippen molar-refractivity contribution in [3.05, 3.63) is 47.3 Å². The fourth-order valence-electron chi connectivity index (χ4n) is 1.03. The lowest BCUT2D eigenvalue weighted by Gasteiger charge is -2.00. The molecule has 12 heavy (non-hydrogen) atoms. The van der Waals surface area contributed by atoms with Gasteiger partial charge in [-0.25, -0.2) is 4.39 Å². The van der Waals surface area contributed by atoms with Crippen LogP contribution in [0.2, 0.25) is 0 Å². The number of hydrogen-bond acceptors (Lipinski definition) is 0. The van der Waals surface area contributed by atoms with Gasteiger partial charge in [0.05, 0.1) is 0 Å². The van der Waals surface area contributed by atoms with Crippen LogP contribution >= 0.6 is 0 Å². The molecule has 1 heteroatoms. The summed E-state index contributed by atoms with van der Waals surface area (Å²) in [4.78, 5) is 0. The van der Waals surface area contributed by atoms with Crippen molar-refractivity contribution in [1.29, 1.82) is 0 Å². The molecule has 1 rings (SSSR count). The molecule has 0 radical (unpaired) electrons. The van der Waals surface area contributed by atoms with Gasteiger partial charge in [0.2, 0.25) is 0 Å². The van der Waals surface area contributed by atoms with E-state index in [2.05, 4.69) is 13.0 Å². The van der Waals surface area contributed by atoms with Crippen molar-refractivity contribution in [2.75, 3.05) is 0 Å². The van der Waals surface area contributed by atoms with Crippen molar-refractivity contribution in [2.45, 2.75) is 20.3 Å². The van der Waals surface area contributed by atoms with Crippen LogP contribution in [0, 0.1) is 5.82 Å². The van der Waals surface area contributed by atoms with Crippen LogP contribution in [0.1, 0.15) is 19.4 Å². The molecule has 0 fully saturated rings. The highest BCUT2D eigenvalue weighted by molar-refractivity contribution is 5.21. The summed E-state index contributed by atoms with van der Waals surface area (Å²) in [5.74, 6) is -0.170. The maximum absolute atomic E-state index is 12.5. The molecule has 0 aliphatic carbocycles. The Kier molecular flexibility index (Phi) is 3.03. The van der Waals surface area contributed by atoms with Crippen LogP contribution in [0.5, 0.6) is 0 Å². The van der Waals surface area contributed by atoms with Crippen LogP contribution < -0.4 is 0 Å². The summed E-state index contributed by atoms with van der Waals surface area (Å²) in [5.41, 5.74) is 2.47. The number of hydrogen-bond donors (Lipinski definition) is 0. The molecule has 0 bridgehead atoms. The minimum Gasteiger partial charge on any atom is -0.207 e. The van der Waals surface area contributed by atoms with Gasteiger partial charge in [-0.3, -0.25) is 0 Å². The van der Waals surface area contributed by atoms with Gasteiger partial charge in [-0.1, -0.05) is 23.8 Å². The molecule has 0 amide bonds. The molecule has 0 saturated heterocycles. The van der Waals surface area contributed by atoms with E-state index in [1.54, 1.807) is 0 Å². The van der Waals surface area contributed by atoms with Gasteiger partial charge < -0.3 is 0 Å². The van der Waals surface area contributed by atoms with Crippen molar-refractivity contribution >= 4 is 0 Å². The van der Waals surface area contributed by atoms with Crippen molar-refractivity contribution in [3.8, 4) is 0 Å². The van der Waals surface area contributed by atoms with Gasteiger partial charge in [-0.15, -0.1) is 0 Å². The molecular weight excluding hydrogens is 151 g/mol. The molecule has 0 N–H and O–H groups in total. The van der Waals surface area contributed by atoms with Gasteiger partial charge in [0, 0.05) is 0 Å². The summed E-state index contributed by atoms with van der Waals surface area (Å²) in [6.07, 6.45) is 2.99. The van der Waals surface area contributed by atoms with Gasteiger partial charge in [-0.05, 0) is 38.0 Å². The highest BCUT2D eigenvalue weighted by Crippen LogP contribution is 2.08. The predicted octanol–water partition coefficient (Wildman–Crippen LogP) is 3.33. The van der Waals surface area contributed by atoms with Crippen LogP contribution in [-0.4, -0.2) is 0 Å². The first-order valence-corrected chi connectivity index (χ1v) is 4.08. The van der Waals surface area contributed by atoms with Gasteiger partial charge in [0.15, 0.2) is 0 Å². The van der Waals surface area contributed by atoms with Crippen molar-refractivity contribution in [3.63, 3.8) is 0 Å². The van der Waals surface area contributed by atoms with E-state index >= 15 is 0 Å². The van der Waals surface area contributed by atoms with Crippen LogP contribution in [-0.2, 0) is 6.42 Å². The normalized spacial score (nSPS) is 11.8. The van der Waals surface area contributed by atoms with Crippen LogP contribution in [0.4, 0.5) is 4.39 Å².